The molecule has 1 aliphatic rings. The van der Waals surface area contributed by atoms with Gasteiger partial charge in [-0.3, -0.25) is 0 Å². The van der Waals surface area contributed by atoms with Gasteiger partial charge in [-0.25, -0.2) is 13.8 Å². The summed E-state index contributed by atoms with van der Waals surface area (Å²) in [5.74, 6) is -0.690. The smallest absolute Gasteiger partial charge is 0.358 e. The topological polar surface area (TPSA) is 76.6 Å². The van der Waals surface area contributed by atoms with Crippen molar-refractivity contribution < 1.29 is 13.7 Å². The van der Waals surface area contributed by atoms with E-state index in [9.17, 15) is 18.9 Å². The number of anilines is 1. The summed E-state index contributed by atoms with van der Waals surface area (Å²) in [5, 5.41) is 15.2. The van der Waals surface area contributed by atoms with Crippen molar-refractivity contribution in [3.05, 3.63) is 63.3 Å². The number of halogens is 2. The first-order valence-corrected chi connectivity index (χ1v) is 7.24. The Bertz CT molecular complexity index is 972. The summed E-state index contributed by atoms with van der Waals surface area (Å²) in [4.78, 5) is 16.1. The maximum Gasteiger partial charge on any atom is 0.368 e. The lowest BCUT2D eigenvalue weighted by molar-refractivity contribution is -0.391. The van der Waals surface area contributed by atoms with Crippen LogP contribution in [-0.4, -0.2) is 26.1 Å². The van der Waals surface area contributed by atoms with Crippen molar-refractivity contribution in [3.8, 4) is 0 Å². The lowest BCUT2D eigenvalue weighted by Gasteiger charge is -2.29. The van der Waals surface area contributed by atoms with Crippen molar-refractivity contribution in [3.63, 3.8) is 0 Å². The lowest BCUT2D eigenvalue weighted by atomic mass is 9.98. The van der Waals surface area contributed by atoms with Gasteiger partial charge < -0.3 is 15.0 Å². The Morgan fingerprint density at radius 3 is 2.62 bits per heavy atom. The molecule has 4 rings (SSSR count). The highest BCUT2D eigenvalue weighted by molar-refractivity contribution is 5.51. The highest BCUT2D eigenvalue weighted by Gasteiger charge is 2.25. The zero-order valence-electron chi connectivity index (χ0n) is 12.3. The second-order valence-corrected chi connectivity index (χ2v) is 5.49. The fourth-order valence-electron chi connectivity index (χ4n) is 2.93. The minimum Gasteiger partial charge on any atom is -0.358 e. The lowest BCUT2D eigenvalue weighted by Crippen LogP contribution is -2.32. The summed E-state index contributed by atoms with van der Waals surface area (Å²) in [6, 6.07) is 5.50. The average molecular weight is 331 g/mol. The second kappa shape index (κ2) is 5.22. The minimum atomic E-state index is -0.572. The fraction of sp³-hybridized carbons (Fsp3) is 0.200. The van der Waals surface area contributed by atoms with Gasteiger partial charge in [0.15, 0.2) is 5.82 Å². The molecule has 0 radical (unpaired) electrons. The summed E-state index contributed by atoms with van der Waals surface area (Å²) in [5.41, 5.74) is 1.02. The van der Waals surface area contributed by atoms with E-state index in [-0.39, 0.29) is 12.4 Å². The van der Waals surface area contributed by atoms with E-state index in [2.05, 4.69) is 10.1 Å². The molecule has 0 atom stereocenters. The van der Waals surface area contributed by atoms with Crippen LogP contribution < -0.4 is 4.90 Å². The molecule has 1 aromatic carbocycles. The van der Waals surface area contributed by atoms with Gasteiger partial charge >= 0.3 is 5.82 Å². The molecule has 0 saturated carbocycles. The summed E-state index contributed by atoms with van der Waals surface area (Å²) in [6.45, 7) is 0.592. The monoisotopic (exact) mass is 331 g/mol. The van der Waals surface area contributed by atoms with Gasteiger partial charge in [-0.1, -0.05) is 9.61 Å². The van der Waals surface area contributed by atoms with Crippen molar-refractivity contribution in [2.24, 2.45) is 0 Å². The Kier molecular flexibility index (Phi) is 3.15. The Balaban J connectivity index is 1.74. The van der Waals surface area contributed by atoms with Crippen molar-refractivity contribution >= 4 is 17.3 Å². The Hall–Kier alpha value is -3.10. The van der Waals surface area contributed by atoms with Crippen LogP contribution in [0.5, 0.6) is 0 Å². The predicted molar refractivity (Wildman–Crippen MR) is 80.8 cm³/mol. The SMILES string of the molecule is O=[N+]([O-])c1cnc2ccc(N3CCc4c(F)ccc(F)c4C3)nn12. The summed E-state index contributed by atoms with van der Waals surface area (Å²) < 4.78 is 28.9. The number of fused-ring (bicyclic) bond motifs is 2. The third-order valence-corrected chi connectivity index (χ3v) is 4.14. The van der Waals surface area contributed by atoms with Crippen LogP contribution in [0.25, 0.3) is 5.65 Å². The quantitative estimate of drug-likeness (QED) is 0.532. The van der Waals surface area contributed by atoms with E-state index in [1.807, 2.05) is 0 Å². The maximum absolute atomic E-state index is 14.0. The van der Waals surface area contributed by atoms with E-state index in [0.717, 1.165) is 22.8 Å². The number of nitro groups is 1. The van der Waals surface area contributed by atoms with E-state index >= 15 is 0 Å². The molecule has 0 saturated heterocycles. The molecule has 2 aromatic heterocycles. The first-order valence-electron chi connectivity index (χ1n) is 7.24. The molecule has 0 spiro atoms. The molecule has 0 aliphatic carbocycles. The number of hydrogen-bond acceptors (Lipinski definition) is 5. The first-order chi connectivity index (χ1) is 11.5. The third-order valence-electron chi connectivity index (χ3n) is 4.14. The van der Waals surface area contributed by atoms with Gasteiger partial charge in [-0.15, -0.1) is 0 Å². The van der Waals surface area contributed by atoms with Crippen LogP contribution in [0.15, 0.2) is 30.5 Å². The third kappa shape index (κ3) is 2.16. The van der Waals surface area contributed by atoms with Crippen molar-refractivity contribution in [2.45, 2.75) is 13.0 Å². The van der Waals surface area contributed by atoms with E-state index in [1.54, 1.807) is 17.0 Å². The molecule has 0 unspecified atom stereocenters. The molecule has 24 heavy (non-hydrogen) atoms. The fourth-order valence-corrected chi connectivity index (χ4v) is 2.93. The molecule has 0 bridgehead atoms. The van der Waals surface area contributed by atoms with Gasteiger partial charge in [-0.05, 0) is 35.1 Å². The summed E-state index contributed by atoms with van der Waals surface area (Å²) in [6.07, 6.45) is 1.47. The van der Waals surface area contributed by atoms with Crippen LogP contribution in [0.3, 0.4) is 0 Å². The minimum absolute atomic E-state index is 0.153. The highest BCUT2D eigenvalue weighted by Crippen LogP contribution is 2.27. The Labute approximate surface area is 134 Å². The van der Waals surface area contributed by atoms with Crippen molar-refractivity contribution in [2.75, 3.05) is 11.4 Å². The van der Waals surface area contributed by atoms with Crippen LogP contribution in [0.2, 0.25) is 0 Å². The summed E-state index contributed by atoms with van der Waals surface area (Å²) >= 11 is 0. The molecule has 1 aliphatic heterocycles. The molecule has 9 heteroatoms. The molecular weight excluding hydrogens is 320 g/mol. The Morgan fingerprint density at radius 1 is 1.12 bits per heavy atom. The molecule has 3 heterocycles. The van der Waals surface area contributed by atoms with Crippen LogP contribution in [0.4, 0.5) is 20.4 Å². The molecule has 0 N–H and O–H groups in total. The predicted octanol–water partition coefficient (Wildman–Crippen LogP) is 2.48. The Morgan fingerprint density at radius 2 is 1.88 bits per heavy atom. The zero-order chi connectivity index (χ0) is 16.8. The van der Waals surface area contributed by atoms with E-state index in [4.69, 9.17) is 0 Å². The largest absolute Gasteiger partial charge is 0.368 e. The normalized spacial score (nSPS) is 14.0. The molecule has 122 valence electrons. The molecule has 0 fully saturated rings. The molecule has 3 aromatic rings. The van der Waals surface area contributed by atoms with Crippen LogP contribution in [0, 0.1) is 21.7 Å². The van der Waals surface area contributed by atoms with Gasteiger partial charge in [-0.2, -0.15) is 0 Å². The number of benzene rings is 1. The van der Waals surface area contributed by atoms with Gasteiger partial charge in [0.25, 0.3) is 0 Å². The zero-order valence-corrected chi connectivity index (χ0v) is 12.3. The molecule has 0 amide bonds. The standard InChI is InChI=1S/C15H11F2N5O2/c16-11-1-2-12(17)10-8-20(6-5-9(10)11)14-4-3-13-18-7-15(22(23)24)21(13)19-14/h1-4,7H,5-6,8H2. The highest BCUT2D eigenvalue weighted by atomic mass is 19.1. The number of rotatable bonds is 2. The molecular formula is C15H11F2N5O2. The van der Waals surface area contributed by atoms with Gasteiger partial charge in [0.05, 0.1) is 0 Å². The second-order valence-electron chi connectivity index (χ2n) is 5.49. The van der Waals surface area contributed by atoms with E-state index in [1.165, 1.54) is 0 Å². The number of aromatic nitrogens is 3. The van der Waals surface area contributed by atoms with E-state index in [0.29, 0.717) is 35.6 Å². The van der Waals surface area contributed by atoms with Gasteiger partial charge in [0.1, 0.15) is 17.8 Å². The van der Waals surface area contributed by atoms with Crippen molar-refractivity contribution in [1.29, 1.82) is 0 Å². The summed E-state index contributed by atoms with van der Waals surface area (Å²) in [7, 11) is 0. The van der Waals surface area contributed by atoms with Crippen molar-refractivity contribution in [1.82, 2.24) is 14.6 Å². The number of hydrogen-bond donors (Lipinski definition) is 0. The number of imidazole rings is 1. The maximum atomic E-state index is 14.0. The van der Waals surface area contributed by atoms with Gasteiger partial charge in [0.2, 0.25) is 5.65 Å². The average Bonchev–Trinajstić information content (AvgIpc) is 3.01. The van der Waals surface area contributed by atoms with Crippen LogP contribution in [-0.2, 0) is 13.0 Å². The first kappa shape index (κ1) is 14.5. The van der Waals surface area contributed by atoms with Gasteiger partial charge in [0, 0.05) is 24.7 Å². The molecule has 7 nitrogen and oxygen atoms in total. The van der Waals surface area contributed by atoms with Crippen LogP contribution >= 0.6 is 0 Å². The van der Waals surface area contributed by atoms with Crippen LogP contribution in [0.1, 0.15) is 11.1 Å². The number of nitrogens with zero attached hydrogens (tertiary/aromatic N) is 5. The van der Waals surface area contributed by atoms with E-state index < -0.39 is 16.6 Å².